The smallest absolute Gasteiger partial charge is 0.472 e. The number of carboxylic acids is 2. The Bertz CT molecular complexity index is 157. The maximum Gasteiger partial charge on any atom is 1.00 e. The van der Waals surface area contributed by atoms with Gasteiger partial charge in [-0.3, -0.25) is 0 Å². The molecule has 0 heterocycles. The molecule has 2 N–H and O–H groups in total. The van der Waals surface area contributed by atoms with E-state index in [2.05, 4.69) is 0 Å². The first kappa shape index (κ1) is 11.9. The van der Waals surface area contributed by atoms with Crippen LogP contribution in [0.15, 0.2) is 0 Å². The van der Waals surface area contributed by atoms with E-state index in [1.54, 1.807) is 0 Å². The molecule has 0 atom stereocenters. The SMILES string of the molecule is O=C(O)C#CC(=O)O.[K+]. The van der Waals surface area contributed by atoms with E-state index in [-0.39, 0.29) is 51.4 Å². The van der Waals surface area contributed by atoms with Crippen LogP contribution in [0.25, 0.3) is 0 Å². The van der Waals surface area contributed by atoms with E-state index in [1.807, 2.05) is 0 Å². The zero-order valence-electron chi connectivity index (χ0n) is 4.71. The summed E-state index contributed by atoms with van der Waals surface area (Å²) in [6.45, 7) is 0. The van der Waals surface area contributed by atoms with Gasteiger partial charge in [0.15, 0.2) is 0 Å². The van der Waals surface area contributed by atoms with E-state index in [9.17, 15) is 9.59 Å². The first-order valence-corrected chi connectivity index (χ1v) is 1.61. The van der Waals surface area contributed by atoms with Gasteiger partial charge in [-0.2, -0.15) is 0 Å². The predicted molar refractivity (Wildman–Crippen MR) is 23.0 cm³/mol. The third kappa shape index (κ3) is 11.6. The van der Waals surface area contributed by atoms with Gasteiger partial charge in [-0.1, -0.05) is 0 Å². The largest absolute Gasteiger partial charge is 1.00 e. The molecule has 0 amide bonds. The number of hydrogen-bond donors (Lipinski definition) is 2. The molecule has 0 aliphatic heterocycles. The Morgan fingerprint density at radius 1 is 1.00 bits per heavy atom. The van der Waals surface area contributed by atoms with Crippen molar-refractivity contribution in [1.29, 1.82) is 0 Å². The predicted octanol–water partition coefficient (Wildman–Crippen LogP) is -3.84. The fourth-order valence-electron chi connectivity index (χ4n) is 0.107. The zero-order valence-corrected chi connectivity index (χ0v) is 7.83. The van der Waals surface area contributed by atoms with Crippen molar-refractivity contribution in [2.45, 2.75) is 0 Å². The molecule has 0 unspecified atom stereocenters. The van der Waals surface area contributed by atoms with Gasteiger partial charge in [-0.25, -0.2) is 9.59 Å². The number of carboxylic acid groups (broad SMARTS) is 2. The molecule has 5 heteroatoms. The maximum atomic E-state index is 9.47. The van der Waals surface area contributed by atoms with Crippen molar-refractivity contribution in [2.24, 2.45) is 0 Å². The van der Waals surface area contributed by atoms with Crippen molar-refractivity contribution in [3.8, 4) is 11.8 Å². The monoisotopic (exact) mass is 153 g/mol. The topological polar surface area (TPSA) is 74.6 Å². The summed E-state index contributed by atoms with van der Waals surface area (Å²) in [7, 11) is 0. The minimum Gasteiger partial charge on any atom is -0.472 e. The summed E-state index contributed by atoms with van der Waals surface area (Å²) in [5, 5.41) is 15.5. The van der Waals surface area contributed by atoms with E-state index in [0.717, 1.165) is 0 Å². The Kier molecular flexibility index (Phi) is 8.26. The van der Waals surface area contributed by atoms with Gasteiger partial charge >= 0.3 is 63.3 Å². The zero-order chi connectivity index (χ0) is 6.57. The minimum absolute atomic E-state index is 0. The fraction of sp³-hybridized carbons (Fsp3) is 0. The molecule has 0 saturated carbocycles. The number of hydrogen-bond acceptors (Lipinski definition) is 2. The number of rotatable bonds is 0. The summed E-state index contributed by atoms with van der Waals surface area (Å²) in [6.07, 6.45) is 0. The van der Waals surface area contributed by atoms with Crippen molar-refractivity contribution in [3.05, 3.63) is 0 Å². The Hall–Kier alpha value is 0.136. The molecule has 9 heavy (non-hydrogen) atoms. The van der Waals surface area contributed by atoms with Crippen molar-refractivity contribution in [2.75, 3.05) is 0 Å². The van der Waals surface area contributed by atoms with Crippen molar-refractivity contribution in [1.82, 2.24) is 0 Å². The van der Waals surface area contributed by atoms with Crippen LogP contribution in [0.4, 0.5) is 0 Å². The van der Waals surface area contributed by atoms with Crippen molar-refractivity contribution < 1.29 is 71.2 Å². The first-order valence-electron chi connectivity index (χ1n) is 1.61. The van der Waals surface area contributed by atoms with Crippen LogP contribution in [0.5, 0.6) is 0 Å². The average molecular weight is 153 g/mol. The minimum atomic E-state index is -1.44. The molecule has 42 valence electrons. The van der Waals surface area contributed by atoms with Gasteiger partial charge < -0.3 is 10.2 Å². The Morgan fingerprint density at radius 2 is 1.22 bits per heavy atom. The van der Waals surface area contributed by atoms with E-state index in [0.29, 0.717) is 0 Å². The molecule has 0 bridgehead atoms. The molecular weight excluding hydrogens is 151 g/mol. The Labute approximate surface area is 93.7 Å². The molecular formula is C4H2KO4+. The van der Waals surface area contributed by atoms with Crippen LogP contribution in [0, 0.1) is 11.8 Å². The van der Waals surface area contributed by atoms with Crippen molar-refractivity contribution >= 4 is 11.9 Å². The Morgan fingerprint density at radius 3 is 1.33 bits per heavy atom. The molecule has 0 aliphatic rings. The van der Waals surface area contributed by atoms with E-state index in [4.69, 9.17) is 10.2 Å². The van der Waals surface area contributed by atoms with Crippen LogP contribution in [-0.2, 0) is 9.59 Å². The molecule has 0 aromatic rings. The Balaban J connectivity index is 0. The summed E-state index contributed by atoms with van der Waals surface area (Å²) >= 11 is 0. The molecule has 0 saturated heterocycles. The standard InChI is InChI=1S/C4H2O4.K/c5-3(6)1-2-4(7)8;/h(H,5,6)(H,7,8);/q;+1. The van der Waals surface area contributed by atoms with Crippen molar-refractivity contribution in [3.63, 3.8) is 0 Å². The summed E-state index contributed by atoms with van der Waals surface area (Å²) in [5.74, 6) is -0.0511. The number of aliphatic carboxylic acids is 2. The molecule has 0 aromatic carbocycles. The van der Waals surface area contributed by atoms with Gasteiger partial charge in [-0.05, 0) is 0 Å². The molecule has 0 radical (unpaired) electrons. The van der Waals surface area contributed by atoms with Gasteiger partial charge in [0.2, 0.25) is 0 Å². The quantitative estimate of drug-likeness (QED) is 0.276. The average Bonchev–Trinajstić information content (AvgIpc) is 1.61. The summed E-state index contributed by atoms with van der Waals surface area (Å²) < 4.78 is 0. The van der Waals surface area contributed by atoms with Crippen LogP contribution in [-0.4, -0.2) is 22.2 Å². The molecule has 0 fully saturated rings. The molecule has 0 aromatic heterocycles. The van der Waals surface area contributed by atoms with E-state index < -0.39 is 11.9 Å². The van der Waals surface area contributed by atoms with Crippen LogP contribution in [0.3, 0.4) is 0 Å². The van der Waals surface area contributed by atoms with Gasteiger partial charge in [0, 0.05) is 11.8 Å². The second-order valence-electron chi connectivity index (χ2n) is 0.860. The normalized spacial score (nSPS) is 5.78. The maximum absolute atomic E-state index is 9.47. The van der Waals surface area contributed by atoms with Gasteiger partial charge in [0.1, 0.15) is 0 Å². The molecule has 0 rings (SSSR count). The summed E-state index contributed by atoms with van der Waals surface area (Å²) in [5.41, 5.74) is 0. The van der Waals surface area contributed by atoms with Crippen LogP contribution in [0.1, 0.15) is 0 Å². The molecule has 0 spiro atoms. The van der Waals surface area contributed by atoms with Gasteiger partial charge in [0.05, 0.1) is 0 Å². The number of carbonyl (C=O) groups is 2. The van der Waals surface area contributed by atoms with E-state index >= 15 is 0 Å². The summed E-state index contributed by atoms with van der Waals surface area (Å²) in [6, 6.07) is 0. The second kappa shape index (κ2) is 6.26. The third-order valence-electron chi connectivity index (χ3n) is 0.276. The summed E-state index contributed by atoms with van der Waals surface area (Å²) in [4.78, 5) is 18.9. The van der Waals surface area contributed by atoms with Crippen LogP contribution >= 0.6 is 0 Å². The first-order chi connectivity index (χ1) is 3.63. The molecule has 4 nitrogen and oxygen atoms in total. The third-order valence-corrected chi connectivity index (χ3v) is 0.276. The van der Waals surface area contributed by atoms with E-state index in [1.165, 1.54) is 11.8 Å². The van der Waals surface area contributed by atoms with Crippen LogP contribution < -0.4 is 51.4 Å². The second-order valence-corrected chi connectivity index (χ2v) is 0.860. The van der Waals surface area contributed by atoms with Gasteiger partial charge in [-0.15, -0.1) is 0 Å². The molecule has 0 aliphatic carbocycles. The van der Waals surface area contributed by atoms with Gasteiger partial charge in [0.25, 0.3) is 0 Å². The van der Waals surface area contributed by atoms with Crippen LogP contribution in [0.2, 0.25) is 0 Å². The fourth-order valence-corrected chi connectivity index (χ4v) is 0.107.